The predicted molar refractivity (Wildman–Crippen MR) is 81.0 cm³/mol. The molecule has 0 atom stereocenters. The highest BCUT2D eigenvalue weighted by Gasteiger charge is 2.15. The molecule has 0 saturated carbocycles. The number of halogens is 2. The van der Waals surface area contributed by atoms with Crippen LogP contribution in [0.1, 0.15) is 0 Å². The van der Waals surface area contributed by atoms with Gasteiger partial charge in [-0.3, -0.25) is 5.32 Å². The minimum Gasteiger partial charge on any atom is -0.465 e. The highest BCUT2D eigenvalue weighted by molar-refractivity contribution is 6.39. The topological polar surface area (TPSA) is 90.9 Å². The number of nitrogens with zero attached hydrogens (tertiary/aromatic N) is 2. The van der Waals surface area contributed by atoms with E-state index in [4.69, 9.17) is 28.3 Å². The van der Waals surface area contributed by atoms with Gasteiger partial charge in [0, 0.05) is 6.20 Å². The van der Waals surface area contributed by atoms with Crippen molar-refractivity contribution in [3.05, 3.63) is 40.5 Å². The Bertz CT molecular complexity index is 827. The van der Waals surface area contributed by atoms with Gasteiger partial charge in [-0.05, 0) is 18.2 Å². The fourth-order valence-corrected chi connectivity index (χ4v) is 2.55. The summed E-state index contributed by atoms with van der Waals surface area (Å²) in [4.78, 5) is 22.1. The second kappa shape index (κ2) is 5.23. The van der Waals surface area contributed by atoms with Gasteiger partial charge in [0.2, 0.25) is 0 Å². The molecule has 6 nitrogen and oxygen atoms in total. The third-order valence-corrected chi connectivity index (χ3v) is 3.46. The second-order valence-electron chi connectivity index (χ2n) is 4.17. The first-order valence-corrected chi connectivity index (χ1v) is 6.61. The number of aromatic amines is 1. The monoisotopic (exact) mass is 322 g/mol. The number of rotatable bonds is 2. The number of hydrogen-bond acceptors (Lipinski definition) is 3. The van der Waals surface area contributed by atoms with Crippen LogP contribution in [-0.2, 0) is 0 Å². The molecule has 0 unspecified atom stereocenters. The van der Waals surface area contributed by atoms with Crippen LogP contribution in [0.25, 0.3) is 22.4 Å². The summed E-state index contributed by atoms with van der Waals surface area (Å²) >= 11 is 12.3. The van der Waals surface area contributed by atoms with Crippen molar-refractivity contribution in [2.75, 3.05) is 5.32 Å². The maximum Gasteiger partial charge on any atom is 0.410 e. The number of amides is 1. The lowest BCUT2D eigenvalue weighted by atomic mass is 10.2. The zero-order valence-electron chi connectivity index (χ0n) is 10.4. The molecular formula is C13H8Cl2N4O2. The Morgan fingerprint density at radius 3 is 2.62 bits per heavy atom. The molecular weight excluding hydrogens is 315 g/mol. The van der Waals surface area contributed by atoms with Crippen molar-refractivity contribution >= 4 is 46.1 Å². The number of anilines is 1. The second-order valence-corrected chi connectivity index (χ2v) is 4.98. The van der Waals surface area contributed by atoms with Gasteiger partial charge in [0.25, 0.3) is 0 Å². The van der Waals surface area contributed by atoms with Gasteiger partial charge in [0.05, 0.1) is 21.1 Å². The number of pyridine rings is 1. The van der Waals surface area contributed by atoms with Gasteiger partial charge in [0.1, 0.15) is 11.3 Å². The number of aromatic nitrogens is 3. The van der Waals surface area contributed by atoms with Gasteiger partial charge in [-0.15, -0.1) is 0 Å². The molecule has 2 heterocycles. The number of imidazole rings is 1. The highest BCUT2D eigenvalue weighted by atomic mass is 35.5. The molecule has 3 N–H and O–H groups in total. The maximum atomic E-state index is 10.8. The Kier molecular flexibility index (Phi) is 3.40. The van der Waals surface area contributed by atoms with Crippen LogP contribution in [0.2, 0.25) is 10.0 Å². The van der Waals surface area contributed by atoms with Crippen molar-refractivity contribution in [2.45, 2.75) is 0 Å². The van der Waals surface area contributed by atoms with Crippen LogP contribution in [0.3, 0.4) is 0 Å². The van der Waals surface area contributed by atoms with Crippen molar-refractivity contribution in [1.29, 1.82) is 0 Å². The summed E-state index contributed by atoms with van der Waals surface area (Å²) in [6, 6.07) is 6.81. The molecule has 0 saturated heterocycles. The lowest BCUT2D eigenvalue weighted by molar-refractivity contribution is 0.209. The smallest absolute Gasteiger partial charge is 0.410 e. The van der Waals surface area contributed by atoms with Crippen LogP contribution < -0.4 is 5.32 Å². The fourth-order valence-electron chi connectivity index (χ4n) is 1.97. The quantitative estimate of drug-likeness (QED) is 0.664. The van der Waals surface area contributed by atoms with E-state index in [1.807, 2.05) is 0 Å². The Morgan fingerprint density at radius 1 is 1.24 bits per heavy atom. The number of carbonyl (C=O) groups is 1. The summed E-state index contributed by atoms with van der Waals surface area (Å²) in [5.74, 6) is 0.590. The van der Waals surface area contributed by atoms with E-state index in [9.17, 15) is 4.79 Å². The summed E-state index contributed by atoms with van der Waals surface area (Å²) in [6.45, 7) is 0. The molecule has 3 aromatic rings. The maximum absolute atomic E-state index is 10.8. The molecule has 1 aromatic carbocycles. The SMILES string of the molecule is O=C(O)Nc1nccc2[nH]c(-c3c(Cl)cccc3Cl)nc12. The van der Waals surface area contributed by atoms with E-state index in [0.717, 1.165) is 0 Å². The molecule has 0 bridgehead atoms. The number of nitrogens with one attached hydrogen (secondary N) is 2. The van der Waals surface area contributed by atoms with Crippen LogP contribution in [0.4, 0.5) is 10.6 Å². The first-order valence-electron chi connectivity index (χ1n) is 5.85. The Hall–Kier alpha value is -2.31. The van der Waals surface area contributed by atoms with Crippen molar-refractivity contribution in [3.63, 3.8) is 0 Å². The first kappa shape index (κ1) is 13.7. The van der Waals surface area contributed by atoms with E-state index < -0.39 is 6.09 Å². The molecule has 21 heavy (non-hydrogen) atoms. The van der Waals surface area contributed by atoms with E-state index in [0.29, 0.717) is 32.5 Å². The third kappa shape index (κ3) is 2.51. The first-order chi connectivity index (χ1) is 10.1. The molecule has 106 valence electrons. The predicted octanol–water partition coefficient (Wildman–Crippen LogP) is 4.02. The number of fused-ring (bicyclic) bond motifs is 1. The van der Waals surface area contributed by atoms with Crippen LogP contribution in [0.15, 0.2) is 30.5 Å². The van der Waals surface area contributed by atoms with Gasteiger partial charge < -0.3 is 10.1 Å². The third-order valence-electron chi connectivity index (χ3n) is 2.83. The van der Waals surface area contributed by atoms with E-state index in [1.165, 1.54) is 6.20 Å². The highest BCUT2D eigenvalue weighted by Crippen LogP contribution is 2.34. The number of hydrogen-bond donors (Lipinski definition) is 3. The number of benzene rings is 1. The number of H-pyrrole nitrogens is 1. The zero-order chi connectivity index (χ0) is 15.0. The minimum absolute atomic E-state index is 0.144. The Morgan fingerprint density at radius 2 is 1.95 bits per heavy atom. The molecule has 1 amide bonds. The molecule has 0 spiro atoms. The van der Waals surface area contributed by atoms with E-state index in [1.54, 1.807) is 24.3 Å². The van der Waals surface area contributed by atoms with Crippen LogP contribution >= 0.6 is 23.2 Å². The lowest BCUT2D eigenvalue weighted by Crippen LogP contribution is -2.08. The summed E-state index contributed by atoms with van der Waals surface area (Å²) in [5, 5.41) is 11.9. The lowest BCUT2D eigenvalue weighted by Gasteiger charge is -2.02. The van der Waals surface area contributed by atoms with Gasteiger partial charge >= 0.3 is 6.09 Å². The Labute approximate surface area is 128 Å². The van der Waals surface area contributed by atoms with E-state index in [2.05, 4.69) is 20.3 Å². The Balaban J connectivity index is 2.20. The average Bonchev–Trinajstić information content (AvgIpc) is 2.82. The summed E-state index contributed by atoms with van der Waals surface area (Å²) in [6.07, 6.45) is 0.263. The molecule has 0 aliphatic carbocycles. The van der Waals surface area contributed by atoms with Gasteiger partial charge in [0.15, 0.2) is 5.82 Å². The number of carboxylic acid groups (broad SMARTS) is 1. The molecule has 0 fully saturated rings. The van der Waals surface area contributed by atoms with Gasteiger partial charge in [-0.2, -0.15) is 0 Å². The van der Waals surface area contributed by atoms with Crippen molar-refractivity contribution in [2.24, 2.45) is 0 Å². The normalized spacial score (nSPS) is 10.8. The molecule has 0 aliphatic rings. The van der Waals surface area contributed by atoms with Crippen LogP contribution in [0, 0.1) is 0 Å². The molecule has 0 radical (unpaired) electrons. The molecule has 3 rings (SSSR count). The van der Waals surface area contributed by atoms with Crippen LogP contribution in [-0.4, -0.2) is 26.2 Å². The standard InChI is InChI=1S/C13H8Cl2N4O2/c14-6-2-1-3-7(15)9(6)11-17-8-4-5-16-12(10(8)18-11)19-13(20)21/h1-5H,(H,16,19)(H,17,18)(H,20,21). The van der Waals surface area contributed by atoms with Gasteiger partial charge in [-0.1, -0.05) is 29.3 Å². The molecule has 8 heteroatoms. The van der Waals surface area contributed by atoms with E-state index in [-0.39, 0.29) is 5.82 Å². The summed E-state index contributed by atoms with van der Waals surface area (Å²) < 4.78 is 0. The zero-order valence-corrected chi connectivity index (χ0v) is 11.9. The minimum atomic E-state index is -1.21. The van der Waals surface area contributed by atoms with Crippen molar-refractivity contribution in [3.8, 4) is 11.4 Å². The fraction of sp³-hybridized carbons (Fsp3) is 0. The summed E-state index contributed by atoms with van der Waals surface area (Å²) in [5.41, 5.74) is 1.57. The molecule has 0 aliphatic heterocycles. The summed E-state index contributed by atoms with van der Waals surface area (Å²) in [7, 11) is 0. The largest absolute Gasteiger partial charge is 0.465 e. The molecule has 2 aromatic heterocycles. The van der Waals surface area contributed by atoms with E-state index >= 15 is 0 Å². The van der Waals surface area contributed by atoms with Crippen LogP contribution in [0.5, 0.6) is 0 Å². The van der Waals surface area contributed by atoms with Crippen molar-refractivity contribution < 1.29 is 9.90 Å². The van der Waals surface area contributed by atoms with Crippen molar-refractivity contribution in [1.82, 2.24) is 15.0 Å². The average molecular weight is 323 g/mol. The van der Waals surface area contributed by atoms with Gasteiger partial charge in [-0.25, -0.2) is 14.8 Å².